The molecule has 2 aliphatic heterocycles. The van der Waals surface area contributed by atoms with Gasteiger partial charge in [-0.2, -0.15) is 0 Å². The summed E-state index contributed by atoms with van der Waals surface area (Å²) in [4.78, 5) is 19.1. The summed E-state index contributed by atoms with van der Waals surface area (Å²) in [6, 6.07) is 13.5. The van der Waals surface area contributed by atoms with Gasteiger partial charge in [0.25, 0.3) is 5.91 Å². The van der Waals surface area contributed by atoms with Gasteiger partial charge in [0, 0.05) is 34.0 Å². The minimum absolute atomic E-state index is 0. The maximum atomic E-state index is 12.5. The highest BCUT2D eigenvalue weighted by Crippen LogP contribution is 2.41. The molecule has 2 heterocycles. The Balaban J connectivity index is 0.00000196. The van der Waals surface area contributed by atoms with E-state index in [-0.39, 0.29) is 18.3 Å². The number of fused-ring (bicyclic) bond motifs is 2. The van der Waals surface area contributed by atoms with Crippen molar-refractivity contribution < 1.29 is 4.79 Å². The number of benzene rings is 2. The third-order valence-electron chi connectivity index (χ3n) is 4.38. The van der Waals surface area contributed by atoms with Gasteiger partial charge in [0.15, 0.2) is 0 Å². The van der Waals surface area contributed by atoms with Crippen molar-refractivity contribution in [2.24, 2.45) is 4.99 Å². The number of hydrazine groups is 1. The molecule has 2 aliphatic rings. The summed E-state index contributed by atoms with van der Waals surface area (Å²) >= 11 is 8.02. The van der Waals surface area contributed by atoms with Crippen LogP contribution in [0.3, 0.4) is 0 Å². The van der Waals surface area contributed by atoms with Crippen LogP contribution in [0.1, 0.15) is 35.2 Å². The van der Waals surface area contributed by atoms with Crippen LogP contribution in [0.4, 0.5) is 5.69 Å². The molecule has 0 spiro atoms. The van der Waals surface area contributed by atoms with Crippen molar-refractivity contribution in [3.63, 3.8) is 0 Å². The molecule has 4 rings (SSSR count). The Kier molecular flexibility index (Phi) is 6.24. The van der Waals surface area contributed by atoms with Gasteiger partial charge in [0.05, 0.1) is 5.69 Å². The first-order valence-corrected chi connectivity index (χ1v) is 9.61. The first kappa shape index (κ1) is 19.2. The Morgan fingerprint density at radius 3 is 2.65 bits per heavy atom. The van der Waals surface area contributed by atoms with Crippen LogP contribution in [0.25, 0.3) is 0 Å². The highest BCUT2D eigenvalue weighted by molar-refractivity contribution is 7.99. The Morgan fingerprint density at radius 2 is 1.85 bits per heavy atom. The molecule has 0 unspecified atom stereocenters. The van der Waals surface area contributed by atoms with Crippen LogP contribution in [-0.2, 0) is 0 Å². The molecule has 0 radical (unpaired) electrons. The molecule has 0 atom stereocenters. The molecule has 2 aromatic carbocycles. The zero-order valence-electron chi connectivity index (χ0n) is 14.1. The Hall–Kier alpha value is -1.53. The third-order valence-corrected chi connectivity index (χ3v) is 5.81. The summed E-state index contributed by atoms with van der Waals surface area (Å²) in [5, 5.41) is 2.45. The van der Waals surface area contributed by atoms with E-state index in [4.69, 9.17) is 11.6 Å². The Labute approximate surface area is 168 Å². The van der Waals surface area contributed by atoms with E-state index in [0.29, 0.717) is 10.7 Å². The van der Waals surface area contributed by atoms with E-state index in [9.17, 15) is 4.79 Å². The number of aliphatic imine (C=N–C) groups is 1. The number of halogens is 2. The molecule has 4 nitrogen and oxygen atoms in total. The molecule has 1 fully saturated rings. The molecule has 0 saturated carbocycles. The number of hydrogen-bond donors (Lipinski definition) is 1. The first-order valence-electron chi connectivity index (χ1n) is 8.42. The molecule has 1 saturated heterocycles. The van der Waals surface area contributed by atoms with E-state index >= 15 is 0 Å². The van der Waals surface area contributed by atoms with Crippen LogP contribution in [0.5, 0.6) is 0 Å². The lowest BCUT2D eigenvalue weighted by atomic mass is 10.1. The van der Waals surface area contributed by atoms with Gasteiger partial charge in [-0.25, -0.2) is 10.0 Å². The quantitative estimate of drug-likeness (QED) is 0.759. The minimum atomic E-state index is -0.0946. The standard InChI is InChI=1S/C19H18ClN3OS.ClH/c20-18-14-6-2-3-7-16(14)25-17-9-8-13(12-15(17)21-18)19(24)22-23-10-4-1-5-11-23;/h2-3,6-9,12H,1,4-5,10-11H2,(H,22,24);1H. The number of carbonyl (C=O) groups excluding carboxylic acids is 1. The van der Waals surface area contributed by atoms with Crippen LogP contribution < -0.4 is 5.43 Å². The average Bonchev–Trinajstić information content (AvgIpc) is 2.78. The molecule has 2 aromatic rings. The number of rotatable bonds is 2. The smallest absolute Gasteiger partial charge is 0.265 e. The number of carbonyl (C=O) groups is 1. The van der Waals surface area contributed by atoms with Crippen molar-refractivity contribution >= 4 is 52.5 Å². The number of nitrogens with zero attached hydrogens (tertiary/aromatic N) is 2. The fourth-order valence-corrected chi connectivity index (χ4v) is 4.37. The first-order chi connectivity index (χ1) is 12.2. The van der Waals surface area contributed by atoms with Gasteiger partial charge < -0.3 is 0 Å². The molecule has 1 N–H and O–H groups in total. The maximum absolute atomic E-state index is 12.5. The summed E-state index contributed by atoms with van der Waals surface area (Å²) in [5.41, 5.74) is 5.25. The summed E-state index contributed by atoms with van der Waals surface area (Å²) in [6.45, 7) is 1.82. The van der Waals surface area contributed by atoms with E-state index in [1.807, 2.05) is 47.5 Å². The molecule has 0 aliphatic carbocycles. The van der Waals surface area contributed by atoms with Crippen molar-refractivity contribution in [1.29, 1.82) is 0 Å². The molecule has 0 bridgehead atoms. The van der Waals surface area contributed by atoms with E-state index in [1.54, 1.807) is 11.8 Å². The lowest BCUT2D eigenvalue weighted by molar-refractivity contribution is 0.0750. The van der Waals surface area contributed by atoms with Gasteiger partial charge in [-0.3, -0.25) is 10.2 Å². The molecule has 136 valence electrons. The number of amides is 1. The predicted octanol–water partition coefficient (Wildman–Crippen LogP) is 5.02. The zero-order chi connectivity index (χ0) is 17.2. The van der Waals surface area contributed by atoms with E-state index in [1.165, 1.54) is 6.42 Å². The fraction of sp³-hybridized carbons (Fsp3) is 0.263. The molecule has 26 heavy (non-hydrogen) atoms. The van der Waals surface area contributed by atoms with E-state index in [0.717, 1.165) is 47.0 Å². The highest BCUT2D eigenvalue weighted by atomic mass is 35.5. The van der Waals surface area contributed by atoms with E-state index in [2.05, 4.69) is 10.4 Å². The monoisotopic (exact) mass is 407 g/mol. The maximum Gasteiger partial charge on any atom is 0.265 e. The normalized spacial score (nSPS) is 16.4. The molecule has 7 heteroatoms. The van der Waals surface area contributed by atoms with Crippen molar-refractivity contribution in [2.45, 2.75) is 29.1 Å². The zero-order valence-corrected chi connectivity index (χ0v) is 16.5. The van der Waals surface area contributed by atoms with Gasteiger partial charge in [0.2, 0.25) is 0 Å². The minimum Gasteiger partial charge on any atom is -0.285 e. The lowest BCUT2D eigenvalue weighted by Gasteiger charge is -2.26. The van der Waals surface area contributed by atoms with Crippen LogP contribution in [0.2, 0.25) is 0 Å². The van der Waals surface area contributed by atoms with Gasteiger partial charge in [0.1, 0.15) is 5.17 Å². The van der Waals surface area contributed by atoms with Crippen LogP contribution >= 0.6 is 35.8 Å². The second-order valence-corrected chi connectivity index (χ2v) is 7.61. The predicted molar refractivity (Wildman–Crippen MR) is 109 cm³/mol. The SMILES string of the molecule is Cl.O=C(NN1CCCCC1)c1ccc2c(c1)N=C(Cl)c1ccccc1S2. The van der Waals surface area contributed by atoms with Crippen LogP contribution in [-0.4, -0.2) is 29.2 Å². The Morgan fingerprint density at radius 1 is 1.08 bits per heavy atom. The van der Waals surface area contributed by atoms with Gasteiger partial charge >= 0.3 is 0 Å². The molecular weight excluding hydrogens is 389 g/mol. The van der Waals surface area contributed by atoms with Crippen molar-refractivity contribution in [2.75, 3.05) is 13.1 Å². The van der Waals surface area contributed by atoms with Gasteiger partial charge in [-0.15, -0.1) is 12.4 Å². The molecule has 1 amide bonds. The van der Waals surface area contributed by atoms with Crippen molar-refractivity contribution in [3.8, 4) is 0 Å². The summed E-state index contributed by atoms with van der Waals surface area (Å²) in [5.74, 6) is -0.0946. The summed E-state index contributed by atoms with van der Waals surface area (Å²) in [7, 11) is 0. The largest absolute Gasteiger partial charge is 0.285 e. The highest BCUT2D eigenvalue weighted by Gasteiger charge is 2.19. The number of piperidine rings is 1. The van der Waals surface area contributed by atoms with Crippen molar-refractivity contribution in [3.05, 3.63) is 53.6 Å². The average molecular weight is 408 g/mol. The number of nitrogens with one attached hydrogen (secondary N) is 1. The lowest BCUT2D eigenvalue weighted by Crippen LogP contribution is -2.45. The second-order valence-electron chi connectivity index (χ2n) is 6.17. The van der Waals surface area contributed by atoms with Gasteiger partial charge in [-0.05, 0) is 37.1 Å². The van der Waals surface area contributed by atoms with Gasteiger partial charge in [-0.1, -0.05) is 48.0 Å². The van der Waals surface area contributed by atoms with Crippen LogP contribution in [0, 0.1) is 0 Å². The molecular formula is C19H19Cl2N3OS. The second kappa shape index (κ2) is 8.44. The topological polar surface area (TPSA) is 44.7 Å². The summed E-state index contributed by atoms with van der Waals surface area (Å²) in [6.07, 6.45) is 3.48. The molecule has 0 aromatic heterocycles. The third kappa shape index (κ3) is 4.07. The summed E-state index contributed by atoms with van der Waals surface area (Å²) < 4.78 is 0. The Bertz CT molecular complexity index is 850. The van der Waals surface area contributed by atoms with E-state index < -0.39 is 0 Å². The fourth-order valence-electron chi connectivity index (χ4n) is 3.06. The van der Waals surface area contributed by atoms with Crippen LogP contribution in [0.15, 0.2) is 57.2 Å². The number of hydrogen-bond acceptors (Lipinski definition) is 4. The van der Waals surface area contributed by atoms with Crippen molar-refractivity contribution in [1.82, 2.24) is 10.4 Å².